The summed E-state index contributed by atoms with van der Waals surface area (Å²) in [4.78, 5) is 22.8. The Morgan fingerprint density at radius 3 is 3.06 bits per heavy atom. The van der Waals surface area contributed by atoms with E-state index in [-0.39, 0.29) is 18.0 Å². The van der Waals surface area contributed by atoms with Crippen LogP contribution in [0.4, 0.5) is 5.82 Å². The minimum absolute atomic E-state index is 0.0149. The number of carbonyl (C=O) groups is 1. The number of fused-ring (bicyclic) bond motifs is 2. The molecule has 170 valence electrons. The van der Waals surface area contributed by atoms with Gasteiger partial charge in [0.2, 0.25) is 11.8 Å². The highest BCUT2D eigenvalue weighted by molar-refractivity contribution is 5.92. The van der Waals surface area contributed by atoms with Crippen molar-refractivity contribution < 1.29 is 18.7 Å². The largest absolute Gasteiger partial charge is 0.474 e. The molecule has 10 nitrogen and oxygen atoms in total. The average Bonchev–Trinajstić information content (AvgIpc) is 3.55. The molecule has 0 radical (unpaired) electrons. The lowest BCUT2D eigenvalue weighted by Crippen LogP contribution is -2.44. The summed E-state index contributed by atoms with van der Waals surface area (Å²) < 4.78 is 19.3. The van der Waals surface area contributed by atoms with E-state index in [0.29, 0.717) is 43.5 Å². The van der Waals surface area contributed by atoms with Gasteiger partial charge < -0.3 is 24.1 Å². The van der Waals surface area contributed by atoms with Crippen LogP contribution in [-0.4, -0.2) is 63.9 Å². The number of aromatic nitrogens is 4. The molecule has 33 heavy (non-hydrogen) atoms. The molecule has 2 atom stereocenters. The van der Waals surface area contributed by atoms with Crippen molar-refractivity contribution >= 4 is 28.3 Å². The lowest BCUT2D eigenvalue weighted by Gasteiger charge is -2.34. The van der Waals surface area contributed by atoms with Crippen molar-refractivity contribution in [2.45, 2.75) is 31.8 Å². The molecule has 10 heteroatoms. The van der Waals surface area contributed by atoms with E-state index < -0.39 is 0 Å². The Hall–Kier alpha value is -3.66. The van der Waals surface area contributed by atoms with Gasteiger partial charge in [0.25, 0.3) is 0 Å². The van der Waals surface area contributed by atoms with Crippen LogP contribution in [0.15, 0.2) is 41.1 Å². The van der Waals surface area contributed by atoms with Gasteiger partial charge >= 0.3 is 0 Å². The first-order valence-electron chi connectivity index (χ1n) is 11.2. The number of ether oxygens (including phenoxy) is 2. The topological polar surface area (TPSA) is 107 Å². The Bertz CT molecular complexity index is 1330. The molecule has 6 heterocycles. The zero-order valence-corrected chi connectivity index (χ0v) is 18.2. The standard InChI is InChI=1S/C23H24N6O4/c1-14-12-31-9-8-28(14)23-16-10-19(33-18(16)6-7-24-23)17-11-25-20-3-5-22(27-29(17)20)32-13-15-2-4-21(30)26-15/h3,5-7,10-11,14-15H,2,4,8-9,12-13H2,1H3,(H,26,30)/t14-,15+/m0/s1. The van der Waals surface area contributed by atoms with Gasteiger partial charge in [-0.25, -0.2) is 14.5 Å². The van der Waals surface area contributed by atoms with Crippen LogP contribution in [0.25, 0.3) is 28.1 Å². The second kappa shape index (κ2) is 8.04. The molecule has 0 bridgehead atoms. The van der Waals surface area contributed by atoms with Crippen LogP contribution >= 0.6 is 0 Å². The van der Waals surface area contributed by atoms with Gasteiger partial charge in [-0.1, -0.05) is 0 Å². The molecule has 2 aliphatic heterocycles. The van der Waals surface area contributed by atoms with Gasteiger partial charge in [0.1, 0.15) is 23.7 Å². The summed E-state index contributed by atoms with van der Waals surface area (Å²) in [6, 6.07) is 7.74. The van der Waals surface area contributed by atoms with Crippen molar-refractivity contribution in [3.8, 4) is 17.3 Å². The van der Waals surface area contributed by atoms with E-state index in [1.165, 1.54) is 0 Å². The maximum absolute atomic E-state index is 11.4. The minimum atomic E-state index is 0.0149. The van der Waals surface area contributed by atoms with Gasteiger partial charge in [-0.3, -0.25) is 4.79 Å². The summed E-state index contributed by atoms with van der Waals surface area (Å²) in [6.45, 7) is 4.65. The fourth-order valence-electron chi connectivity index (χ4n) is 4.44. The average molecular weight is 448 g/mol. The maximum Gasteiger partial charge on any atom is 0.231 e. The van der Waals surface area contributed by atoms with E-state index in [1.807, 2.05) is 18.2 Å². The van der Waals surface area contributed by atoms with E-state index in [1.54, 1.807) is 23.0 Å². The number of furan rings is 1. The summed E-state index contributed by atoms with van der Waals surface area (Å²) in [5.41, 5.74) is 2.17. The number of nitrogens with one attached hydrogen (secondary N) is 1. The number of amides is 1. The number of hydrogen-bond acceptors (Lipinski definition) is 8. The van der Waals surface area contributed by atoms with Gasteiger partial charge in [-0.05, 0) is 31.5 Å². The molecule has 0 spiro atoms. The van der Waals surface area contributed by atoms with Gasteiger partial charge in [0.05, 0.1) is 36.9 Å². The zero-order valence-electron chi connectivity index (χ0n) is 18.2. The lowest BCUT2D eigenvalue weighted by atomic mass is 10.2. The first kappa shape index (κ1) is 20.0. The molecular formula is C23H24N6O4. The van der Waals surface area contributed by atoms with E-state index in [4.69, 9.17) is 13.9 Å². The number of morpholine rings is 1. The van der Waals surface area contributed by atoms with Gasteiger partial charge in [0, 0.05) is 25.2 Å². The third-order valence-electron chi connectivity index (χ3n) is 6.17. The van der Waals surface area contributed by atoms with Crippen molar-refractivity contribution in [1.29, 1.82) is 0 Å². The van der Waals surface area contributed by atoms with Crippen LogP contribution in [-0.2, 0) is 9.53 Å². The Balaban J connectivity index is 1.32. The molecule has 2 saturated heterocycles. The van der Waals surface area contributed by atoms with E-state index in [9.17, 15) is 4.79 Å². The number of anilines is 1. The van der Waals surface area contributed by atoms with Crippen molar-refractivity contribution in [3.05, 3.63) is 36.7 Å². The molecule has 4 aromatic rings. The summed E-state index contributed by atoms with van der Waals surface area (Å²) in [7, 11) is 0. The van der Waals surface area contributed by atoms with E-state index in [2.05, 4.69) is 32.2 Å². The molecule has 2 fully saturated rings. The van der Waals surface area contributed by atoms with Gasteiger partial charge in [-0.2, -0.15) is 0 Å². The smallest absolute Gasteiger partial charge is 0.231 e. The Labute approximate surface area is 189 Å². The first-order valence-corrected chi connectivity index (χ1v) is 11.2. The highest BCUT2D eigenvalue weighted by atomic mass is 16.5. The molecule has 2 aliphatic rings. The van der Waals surface area contributed by atoms with Crippen molar-refractivity contribution in [2.75, 3.05) is 31.3 Å². The number of hydrogen-bond donors (Lipinski definition) is 1. The molecule has 4 aromatic heterocycles. The quantitative estimate of drug-likeness (QED) is 0.496. The molecule has 6 rings (SSSR count). The summed E-state index contributed by atoms with van der Waals surface area (Å²) in [5.74, 6) is 2.07. The Kier molecular flexibility index (Phi) is 4.87. The van der Waals surface area contributed by atoms with Crippen LogP contribution in [0.5, 0.6) is 5.88 Å². The van der Waals surface area contributed by atoms with Crippen LogP contribution in [0.2, 0.25) is 0 Å². The van der Waals surface area contributed by atoms with Crippen LogP contribution in [0.3, 0.4) is 0 Å². The summed E-state index contributed by atoms with van der Waals surface area (Å²) in [6.07, 6.45) is 4.83. The third kappa shape index (κ3) is 3.66. The predicted molar refractivity (Wildman–Crippen MR) is 120 cm³/mol. The number of rotatable bonds is 5. The second-order valence-corrected chi connectivity index (χ2v) is 8.47. The van der Waals surface area contributed by atoms with Crippen LogP contribution in [0, 0.1) is 0 Å². The molecule has 0 aromatic carbocycles. The Morgan fingerprint density at radius 1 is 1.27 bits per heavy atom. The SMILES string of the molecule is C[C@H]1COCCN1c1nccc2oc(-c3cnc4ccc(OC[C@H]5CCC(=O)N5)nn34)cc12. The first-order chi connectivity index (χ1) is 16.2. The van der Waals surface area contributed by atoms with Crippen molar-refractivity contribution in [2.24, 2.45) is 0 Å². The number of imidazole rings is 1. The predicted octanol–water partition coefficient (Wildman–Crippen LogP) is 2.42. The van der Waals surface area contributed by atoms with E-state index in [0.717, 1.165) is 35.4 Å². The van der Waals surface area contributed by atoms with Gasteiger partial charge in [0.15, 0.2) is 11.4 Å². The number of nitrogens with zero attached hydrogens (tertiary/aromatic N) is 5. The fraction of sp³-hybridized carbons (Fsp3) is 0.391. The highest BCUT2D eigenvalue weighted by Gasteiger charge is 2.24. The molecule has 1 N–H and O–H groups in total. The summed E-state index contributed by atoms with van der Waals surface area (Å²) in [5, 5.41) is 8.45. The lowest BCUT2D eigenvalue weighted by molar-refractivity contribution is -0.119. The van der Waals surface area contributed by atoms with E-state index >= 15 is 0 Å². The van der Waals surface area contributed by atoms with Crippen LogP contribution < -0.4 is 15.0 Å². The minimum Gasteiger partial charge on any atom is -0.474 e. The normalized spacial score (nSPS) is 21.1. The van der Waals surface area contributed by atoms with Crippen molar-refractivity contribution in [1.82, 2.24) is 24.9 Å². The number of pyridine rings is 1. The molecule has 0 saturated carbocycles. The fourth-order valence-corrected chi connectivity index (χ4v) is 4.44. The second-order valence-electron chi connectivity index (χ2n) is 8.47. The zero-order chi connectivity index (χ0) is 22.4. The van der Waals surface area contributed by atoms with Crippen LogP contribution in [0.1, 0.15) is 19.8 Å². The summed E-state index contributed by atoms with van der Waals surface area (Å²) >= 11 is 0. The van der Waals surface area contributed by atoms with Crippen molar-refractivity contribution in [3.63, 3.8) is 0 Å². The highest BCUT2D eigenvalue weighted by Crippen LogP contribution is 2.34. The van der Waals surface area contributed by atoms with Gasteiger partial charge in [-0.15, -0.1) is 5.10 Å². The Morgan fingerprint density at radius 2 is 2.21 bits per heavy atom. The molecular weight excluding hydrogens is 424 g/mol. The third-order valence-corrected chi connectivity index (χ3v) is 6.17. The monoisotopic (exact) mass is 448 g/mol. The maximum atomic E-state index is 11.4. The molecule has 0 unspecified atom stereocenters. The molecule has 0 aliphatic carbocycles. The number of carbonyl (C=O) groups excluding carboxylic acids is 1. The molecule has 1 amide bonds.